The summed E-state index contributed by atoms with van der Waals surface area (Å²) < 4.78 is 0. The first-order valence-electron chi connectivity index (χ1n) is 9.17. The number of hydrogen-bond donors (Lipinski definition) is 2. The Morgan fingerprint density at radius 3 is 2.65 bits per heavy atom. The van der Waals surface area contributed by atoms with Gasteiger partial charge in [-0.05, 0) is 36.8 Å². The van der Waals surface area contributed by atoms with Gasteiger partial charge in [0.25, 0.3) is 0 Å². The Kier molecular flexibility index (Phi) is 9.90. The molecule has 0 aromatic carbocycles. The van der Waals surface area contributed by atoms with E-state index in [2.05, 4.69) is 27.5 Å². The standard InChI is InChI=1S/C19H31N5O.HI/c1-4-19(10-7-11-19)15-23-18(20-2)22-14-17(25)24(3)13-9-16-8-5-6-12-21-16;/h5-6,8,12H,4,7,9-11,13-15H2,1-3H3,(H2,20,22,23);1H. The SMILES string of the molecule is CCC1(CNC(=NC)NCC(=O)N(C)CCc2ccccn2)CCC1.I. The quantitative estimate of drug-likeness (QED) is 0.346. The molecule has 0 spiro atoms. The van der Waals surface area contributed by atoms with Crippen LogP contribution in [-0.4, -0.2) is 55.5 Å². The van der Waals surface area contributed by atoms with E-state index in [0.29, 0.717) is 17.9 Å². The van der Waals surface area contributed by atoms with Gasteiger partial charge in [0, 0.05) is 45.5 Å². The minimum absolute atomic E-state index is 0. The van der Waals surface area contributed by atoms with Crippen LogP contribution in [0.4, 0.5) is 0 Å². The summed E-state index contributed by atoms with van der Waals surface area (Å²) in [6.07, 6.45) is 7.60. The van der Waals surface area contributed by atoms with E-state index in [1.807, 2.05) is 25.2 Å². The zero-order valence-corrected chi connectivity index (χ0v) is 18.5. The average Bonchev–Trinajstić information content (AvgIpc) is 2.62. The predicted molar refractivity (Wildman–Crippen MR) is 117 cm³/mol. The molecule has 2 rings (SSSR count). The zero-order valence-electron chi connectivity index (χ0n) is 16.1. The zero-order chi connectivity index (χ0) is 18.1. The highest BCUT2D eigenvalue weighted by Crippen LogP contribution is 2.42. The first-order valence-corrected chi connectivity index (χ1v) is 9.17. The fourth-order valence-corrected chi connectivity index (χ4v) is 3.07. The highest BCUT2D eigenvalue weighted by atomic mass is 127. The predicted octanol–water partition coefficient (Wildman–Crippen LogP) is 2.45. The molecule has 1 aliphatic carbocycles. The number of pyridine rings is 1. The molecule has 0 aliphatic heterocycles. The summed E-state index contributed by atoms with van der Waals surface area (Å²) in [4.78, 5) is 22.5. The summed E-state index contributed by atoms with van der Waals surface area (Å²) in [5, 5.41) is 6.50. The number of likely N-dealkylation sites (N-methyl/N-ethyl adjacent to an activating group) is 1. The molecule has 1 aliphatic rings. The second-order valence-electron chi connectivity index (χ2n) is 6.87. The Morgan fingerprint density at radius 2 is 2.12 bits per heavy atom. The molecule has 26 heavy (non-hydrogen) atoms. The Morgan fingerprint density at radius 1 is 1.35 bits per heavy atom. The minimum atomic E-state index is 0. The van der Waals surface area contributed by atoms with Crippen LogP contribution in [0.5, 0.6) is 0 Å². The van der Waals surface area contributed by atoms with Gasteiger partial charge in [0.05, 0.1) is 6.54 Å². The van der Waals surface area contributed by atoms with Crippen LogP contribution in [0.1, 0.15) is 38.3 Å². The molecular formula is C19H32IN5O. The Bertz CT molecular complexity index is 569. The van der Waals surface area contributed by atoms with Gasteiger partial charge in [-0.2, -0.15) is 0 Å². The van der Waals surface area contributed by atoms with Crippen LogP contribution in [0.2, 0.25) is 0 Å². The number of nitrogens with one attached hydrogen (secondary N) is 2. The van der Waals surface area contributed by atoms with Gasteiger partial charge in [0.1, 0.15) is 0 Å². The van der Waals surface area contributed by atoms with Gasteiger partial charge in [-0.3, -0.25) is 14.8 Å². The molecule has 6 nitrogen and oxygen atoms in total. The molecule has 2 N–H and O–H groups in total. The molecule has 1 amide bonds. The molecule has 0 atom stereocenters. The van der Waals surface area contributed by atoms with Crippen molar-refractivity contribution < 1.29 is 4.79 Å². The lowest BCUT2D eigenvalue weighted by atomic mass is 9.67. The van der Waals surface area contributed by atoms with E-state index in [-0.39, 0.29) is 36.4 Å². The maximum Gasteiger partial charge on any atom is 0.241 e. The topological polar surface area (TPSA) is 69.6 Å². The summed E-state index contributed by atoms with van der Waals surface area (Å²) in [5.41, 5.74) is 1.42. The van der Waals surface area contributed by atoms with Crippen molar-refractivity contribution in [3.05, 3.63) is 30.1 Å². The number of nitrogens with zero attached hydrogens (tertiary/aromatic N) is 3. The Balaban J connectivity index is 0.00000338. The molecule has 0 bridgehead atoms. The normalized spacial score (nSPS) is 15.4. The second kappa shape index (κ2) is 11.4. The largest absolute Gasteiger partial charge is 0.356 e. The van der Waals surface area contributed by atoms with Crippen molar-refractivity contribution >= 4 is 35.8 Å². The molecule has 146 valence electrons. The third-order valence-corrected chi connectivity index (χ3v) is 5.28. The summed E-state index contributed by atoms with van der Waals surface area (Å²) in [6.45, 7) is 4.07. The average molecular weight is 473 g/mol. The number of aromatic nitrogens is 1. The van der Waals surface area contributed by atoms with Crippen LogP contribution < -0.4 is 10.6 Å². The molecule has 1 aromatic heterocycles. The van der Waals surface area contributed by atoms with Crippen molar-refractivity contribution in [3.8, 4) is 0 Å². The highest BCUT2D eigenvalue weighted by molar-refractivity contribution is 14.0. The van der Waals surface area contributed by atoms with Crippen LogP contribution in [0.25, 0.3) is 0 Å². The van der Waals surface area contributed by atoms with Gasteiger partial charge in [0.2, 0.25) is 5.91 Å². The van der Waals surface area contributed by atoms with E-state index in [0.717, 1.165) is 18.7 Å². The third kappa shape index (κ3) is 6.74. The van der Waals surface area contributed by atoms with Gasteiger partial charge in [-0.25, -0.2) is 0 Å². The van der Waals surface area contributed by atoms with E-state index >= 15 is 0 Å². The Labute approximate surface area is 174 Å². The minimum Gasteiger partial charge on any atom is -0.356 e. The van der Waals surface area contributed by atoms with Crippen LogP contribution in [0, 0.1) is 5.41 Å². The van der Waals surface area contributed by atoms with Crippen molar-refractivity contribution in [1.82, 2.24) is 20.5 Å². The van der Waals surface area contributed by atoms with Crippen molar-refractivity contribution in [2.75, 3.05) is 33.7 Å². The van der Waals surface area contributed by atoms with Crippen LogP contribution >= 0.6 is 24.0 Å². The second-order valence-corrected chi connectivity index (χ2v) is 6.87. The fourth-order valence-electron chi connectivity index (χ4n) is 3.07. The first kappa shape index (κ1) is 22.7. The molecular weight excluding hydrogens is 441 g/mol. The number of amides is 1. The summed E-state index contributed by atoms with van der Waals surface area (Å²) >= 11 is 0. The van der Waals surface area contributed by atoms with Gasteiger partial charge in [0.15, 0.2) is 5.96 Å². The molecule has 7 heteroatoms. The molecule has 0 unspecified atom stereocenters. The lowest BCUT2D eigenvalue weighted by Crippen LogP contribution is -2.48. The fraction of sp³-hybridized carbons (Fsp3) is 0.632. The van der Waals surface area contributed by atoms with Crippen molar-refractivity contribution in [2.24, 2.45) is 10.4 Å². The van der Waals surface area contributed by atoms with Crippen LogP contribution in [-0.2, 0) is 11.2 Å². The van der Waals surface area contributed by atoms with E-state index in [1.165, 1.54) is 25.7 Å². The summed E-state index contributed by atoms with van der Waals surface area (Å²) in [5.74, 6) is 0.749. The summed E-state index contributed by atoms with van der Waals surface area (Å²) in [6, 6.07) is 5.84. The van der Waals surface area contributed by atoms with Crippen molar-refractivity contribution in [3.63, 3.8) is 0 Å². The Hall–Kier alpha value is -1.38. The number of halogens is 1. The van der Waals surface area contributed by atoms with Crippen molar-refractivity contribution in [2.45, 2.75) is 39.0 Å². The maximum absolute atomic E-state index is 12.3. The van der Waals surface area contributed by atoms with Gasteiger partial charge in [-0.1, -0.05) is 19.4 Å². The number of carbonyl (C=O) groups excluding carboxylic acids is 1. The molecule has 0 radical (unpaired) electrons. The summed E-state index contributed by atoms with van der Waals surface area (Å²) in [7, 11) is 3.56. The number of aliphatic imine (C=N–C) groups is 1. The first-order chi connectivity index (χ1) is 12.1. The molecule has 0 saturated heterocycles. The number of rotatable bonds is 8. The molecule has 1 heterocycles. The van der Waals surface area contributed by atoms with E-state index in [1.54, 1.807) is 18.1 Å². The van der Waals surface area contributed by atoms with Gasteiger partial charge >= 0.3 is 0 Å². The monoisotopic (exact) mass is 473 g/mol. The number of carbonyl (C=O) groups is 1. The van der Waals surface area contributed by atoms with Crippen molar-refractivity contribution in [1.29, 1.82) is 0 Å². The van der Waals surface area contributed by atoms with E-state index < -0.39 is 0 Å². The lowest BCUT2D eigenvalue weighted by molar-refractivity contribution is -0.128. The lowest BCUT2D eigenvalue weighted by Gasteiger charge is -2.41. The van der Waals surface area contributed by atoms with Crippen LogP contribution in [0.15, 0.2) is 29.4 Å². The van der Waals surface area contributed by atoms with Gasteiger partial charge < -0.3 is 15.5 Å². The van der Waals surface area contributed by atoms with Gasteiger partial charge in [-0.15, -0.1) is 24.0 Å². The molecule has 1 fully saturated rings. The number of guanidine groups is 1. The highest BCUT2D eigenvalue weighted by Gasteiger charge is 2.34. The van der Waals surface area contributed by atoms with Crippen LogP contribution in [0.3, 0.4) is 0 Å². The molecule has 1 saturated carbocycles. The van der Waals surface area contributed by atoms with E-state index in [4.69, 9.17) is 0 Å². The smallest absolute Gasteiger partial charge is 0.241 e. The number of hydrogen-bond acceptors (Lipinski definition) is 3. The van der Waals surface area contributed by atoms with E-state index in [9.17, 15) is 4.79 Å². The third-order valence-electron chi connectivity index (χ3n) is 5.28. The maximum atomic E-state index is 12.3. The molecule has 1 aromatic rings.